The van der Waals surface area contributed by atoms with Crippen molar-refractivity contribution in [3.8, 4) is 0 Å². The molecule has 170 valence electrons. The van der Waals surface area contributed by atoms with Gasteiger partial charge in [-0.2, -0.15) is 10.1 Å². The second-order valence-electron chi connectivity index (χ2n) is 7.60. The molecule has 0 bridgehead atoms. The van der Waals surface area contributed by atoms with Gasteiger partial charge >= 0.3 is 5.69 Å². The molecule has 32 heavy (non-hydrogen) atoms. The van der Waals surface area contributed by atoms with Crippen LogP contribution < -0.4 is 16.7 Å². The van der Waals surface area contributed by atoms with Crippen LogP contribution in [0, 0.1) is 10.1 Å². The van der Waals surface area contributed by atoms with Gasteiger partial charge in [0.2, 0.25) is 5.95 Å². The number of non-ortho nitro benzene ring substituents is 1. The van der Waals surface area contributed by atoms with Crippen molar-refractivity contribution in [2.45, 2.75) is 52.5 Å². The second kappa shape index (κ2) is 10.0. The normalized spacial score (nSPS) is 11.8. The first-order valence-electron chi connectivity index (χ1n) is 10.6. The molecule has 0 spiro atoms. The molecule has 2 aromatic heterocycles. The minimum Gasteiger partial charge on any atom is -0.303 e. The third-order valence-corrected chi connectivity index (χ3v) is 5.31. The van der Waals surface area contributed by atoms with Crippen molar-refractivity contribution in [1.29, 1.82) is 0 Å². The van der Waals surface area contributed by atoms with Crippen LogP contribution in [0.3, 0.4) is 0 Å². The van der Waals surface area contributed by atoms with Crippen LogP contribution in [-0.4, -0.2) is 29.7 Å². The highest BCUT2D eigenvalue weighted by Gasteiger charge is 2.17. The Hall–Kier alpha value is -3.76. The Bertz CT molecular complexity index is 1250. The monoisotopic (exact) mass is 441 g/mol. The second-order valence-corrected chi connectivity index (χ2v) is 7.60. The van der Waals surface area contributed by atoms with Gasteiger partial charge in [0.25, 0.3) is 11.2 Å². The van der Waals surface area contributed by atoms with E-state index in [-0.39, 0.29) is 11.3 Å². The predicted molar refractivity (Wildman–Crippen MR) is 123 cm³/mol. The average Bonchev–Trinajstić information content (AvgIpc) is 3.15. The maximum atomic E-state index is 12.5. The number of imidazole rings is 1. The molecule has 0 saturated heterocycles. The predicted octanol–water partition coefficient (Wildman–Crippen LogP) is 3.14. The molecule has 0 unspecified atom stereocenters. The number of fused-ring (bicyclic) bond motifs is 1. The number of aryl methyl sites for hydroxylation is 2. The fourth-order valence-electron chi connectivity index (χ4n) is 3.43. The van der Waals surface area contributed by atoms with E-state index < -0.39 is 16.2 Å². The van der Waals surface area contributed by atoms with E-state index in [1.54, 1.807) is 30.7 Å². The van der Waals surface area contributed by atoms with Crippen molar-refractivity contribution in [3.05, 3.63) is 60.8 Å². The smallest absolute Gasteiger partial charge is 0.303 e. The van der Waals surface area contributed by atoms with E-state index in [9.17, 15) is 19.7 Å². The number of nitrogens with zero attached hydrogens (tertiary/aromatic N) is 5. The largest absolute Gasteiger partial charge is 0.329 e. The summed E-state index contributed by atoms with van der Waals surface area (Å²) in [7, 11) is 1.55. The summed E-state index contributed by atoms with van der Waals surface area (Å²) in [4.78, 5) is 41.7. The average molecular weight is 441 g/mol. The van der Waals surface area contributed by atoms with Gasteiger partial charge < -0.3 is 4.57 Å². The van der Waals surface area contributed by atoms with Gasteiger partial charge in [-0.3, -0.25) is 24.5 Å². The molecule has 3 rings (SSSR count). The summed E-state index contributed by atoms with van der Waals surface area (Å²) in [5, 5.41) is 15.2. The topological polar surface area (TPSA) is 140 Å². The van der Waals surface area contributed by atoms with E-state index >= 15 is 0 Å². The third-order valence-electron chi connectivity index (χ3n) is 5.31. The number of nitrogens with one attached hydrogen (secondary N) is 2. The maximum absolute atomic E-state index is 12.5. The van der Waals surface area contributed by atoms with E-state index in [1.807, 2.05) is 0 Å². The van der Waals surface area contributed by atoms with Gasteiger partial charge in [-0.25, -0.2) is 10.2 Å². The number of benzene rings is 1. The minimum absolute atomic E-state index is 0.000447. The summed E-state index contributed by atoms with van der Waals surface area (Å²) >= 11 is 0. The number of hydrogen-bond acceptors (Lipinski definition) is 7. The van der Waals surface area contributed by atoms with E-state index in [0.29, 0.717) is 29.3 Å². The van der Waals surface area contributed by atoms with Gasteiger partial charge in [-0.05, 0) is 31.0 Å². The molecule has 0 radical (unpaired) electrons. The molecule has 2 heterocycles. The minimum atomic E-state index is -0.535. The molecule has 0 atom stereocenters. The number of unbranched alkanes of at least 4 members (excludes halogenated alkanes) is 4. The highest BCUT2D eigenvalue weighted by Crippen LogP contribution is 2.18. The van der Waals surface area contributed by atoms with Gasteiger partial charge in [0.15, 0.2) is 11.2 Å². The number of aromatic amines is 1. The number of aromatic nitrogens is 4. The third kappa shape index (κ3) is 4.93. The van der Waals surface area contributed by atoms with Crippen LogP contribution in [0.5, 0.6) is 0 Å². The number of nitro benzene ring substituents is 1. The molecule has 0 amide bonds. The first-order chi connectivity index (χ1) is 15.3. The summed E-state index contributed by atoms with van der Waals surface area (Å²) in [6.07, 6.45) is 5.27. The molecule has 0 aliphatic heterocycles. The summed E-state index contributed by atoms with van der Waals surface area (Å²) in [6, 6.07) is 6.05. The van der Waals surface area contributed by atoms with Crippen LogP contribution in [0.25, 0.3) is 11.2 Å². The molecule has 11 heteroatoms. The van der Waals surface area contributed by atoms with Gasteiger partial charge in [0, 0.05) is 25.7 Å². The maximum Gasteiger partial charge on any atom is 0.329 e. The van der Waals surface area contributed by atoms with Crippen molar-refractivity contribution in [1.82, 2.24) is 19.1 Å². The fourth-order valence-corrected chi connectivity index (χ4v) is 3.43. The number of anilines is 1. The molecule has 0 aliphatic carbocycles. The molecule has 0 saturated carbocycles. The van der Waals surface area contributed by atoms with E-state index in [0.717, 1.165) is 32.1 Å². The van der Waals surface area contributed by atoms with Crippen molar-refractivity contribution < 1.29 is 4.92 Å². The SMILES string of the molecule is CCCCCCCn1c(N/N=C(\C)c2ccc([N+](=O)[O-])cc2)nc2c1c(=O)[nH]c(=O)n2C. The van der Waals surface area contributed by atoms with E-state index in [1.165, 1.54) is 16.7 Å². The van der Waals surface area contributed by atoms with Crippen LogP contribution in [0.2, 0.25) is 0 Å². The Morgan fingerprint density at radius 1 is 1.19 bits per heavy atom. The molecular formula is C21H27N7O4. The zero-order valence-electron chi connectivity index (χ0n) is 18.4. The zero-order chi connectivity index (χ0) is 23.3. The molecule has 3 aromatic rings. The first kappa shape index (κ1) is 22.9. The lowest BCUT2D eigenvalue weighted by molar-refractivity contribution is -0.384. The van der Waals surface area contributed by atoms with Gasteiger partial charge in [-0.15, -0.1) is 0 Å². The summed E-state index contributed by atoms with van der Waals surface area (Å²) in [5.74, 6) is 0.350. The first-order valence-corrected chi connectivity index (χ1v) is 10.6. The molecular weight excluding hydrogens is 414 g/mol. The Labute approximate surface area is 183 Å². The number of hydrogen-bond donors (Lipinski definition) is 2. The van der Waals surface area contributed by atoms with Gasteiger partial charge in [0.1, 0.15) is 0 Å². The molecule has 0 aliphatic rings. The lowest BCUT2D eigenvalue weighted by atomic mass is 10.1. The van der Waals surface area contributed by atoms with Crippen LogP contribution in [0.15, 0.2) is 39.0 Å². The molecule has 2 N–H and O–H groups in total. The number of nitro groups is 1. The zero-order valence-corrected chi connectivity index (χ0v) is 18.4. The molecule has 1 aromatic carbocycles. The van der Waals surface area contributed by atoms with Crippen LogP contribution in [0.1, 0.15) is 51.5 Å². The van der Waals surface area contributed by atoms with Crippen molar-refractivity contribution in [2.24, 2.45) is 12.1 Å². The van der Waals surface area contributed by atoms with Crippen LogP contribution in [-0.2, 0) is 13.6 Å². The standard InChI is InChI=1S/C21H27N7O4/c1-4-5-6-7-8-13-27-17-18(26(3)21(30)23-19(17)29)22-20(27)25-24-14(2)15-9-11-16(12-10-15)28(31)32/h9-12H,4-8,13H2,1-3H3,(H,22,25)(H,23,29,30)/b24-14+. The van der Waals surface area contributed by atoms with Crippen LogP contribution >= 0.6 is 0 Å². The van der Waals surface area contributed by atoms with Crippen molar-refractivity contribution in [2.75, 3.05) is 5.43 Å². The van der Waals surface area contributed by atoms with Gasteiger partial charge in [0.05, 0.1) is 10.6 Å². The highest BCUT2D eigenvalue weighted by atomic mass is 16.6. The summed E-state index contributed by atoms with van der Waals surface area (Å²) in [5.41, 5.74) is 3.75. The Morgan fingerprint density at radius 2 is 1.88 bits per heavy atom. The van der Waals surface area contributed by atoms with Crippen molar-refractivity contribution >= 4 is 28.5 Å². The number of rotatable bonds is 10. The fraction of sp³-hybridized carbons (Fsp3) is 0.429. The number of H-pyrrole nitrogens is 1. The summed E-state index contributed by atoms with van der Waals surface area (Å²) < 4.78 is 3.04. The number of hydrazone groups is 1. The van der Waals surface area contributed by atoms with Crippen LogP contribution in [0.4, 0.5) is 11.6 Å². The summed E-state index contributed by atoms with van der Waals surface area (Å²) in [6.45, 7) is 4.46. The molecule has 0 fully saturated rings. The van der Waals surface area contributed by atoms with Gasteiger partial charge in [-0.1, -0.05) is 32.6 Å². The molecule has 11 nitrogen and oxygen atoms in total. The Kier molecular flexibility index (Phi) is 7.18. The highest BCUT2D eigenvalue weighted by molar-refractivity contribution is 5.99. The van der Waals surface area contributed by atoms with E-state index in [4.69, 9.17) is 0 Å². The Balaban J connectivity index is 1.92. The van der Waals surface area contributed by atoms with E-state index in [2.05, 4.69) is 27.4 Å². The quantitative estimate of drug-likeness (QED) is 0.214. The Morgan fingerprint density at radius 3 is 2.53 bits per heavy atom. The lowest BCUT2D eigenvalue weighted by Gasteiger charge is -2.09. The van der Waals surface area contributed by atoms with Crippen molar-refractivity contribution in [3.63, 3.8) is 0 Å². The lowest BCUT2D eigenvalue weighted by Crippen LogP contribution is -2.29.